The number of nitrogens with zero attached hydrogens (tertiary/aromatic N) is 1. The standard InChI is InChI=1S/C15H15BrN2O4/c16-12-9-18(15(22)17-14(12)21)8-11-6-4-10(5-7-11)2-1-3-13(19)20/h4-7,9H,1-3,8H2,(H,19,20)(H,17,21,22). The molecule has 0 unspecified atom stereocenters. The van der Waals surface area contributed by atoms with Crippen molar-refractivity contribution in [1.82, 2.24) is 9.55 Å². The number of carboxylic acid groups (broad SMARTS) is 1. The van der Waals surface area contributed by atoms with Crippen LogP contribution >= 0.6 is 15.9 Å². The Balaban J connectivity index is 2.05. The second-order valence-corrected chi connectivity index (χ2v) is 5.78. The first-order chi connectivity index (χ1) is 10.5. The van der Waals surface area contributed by atoms with Crippen molar-refractivity contribution in [3.8, 4) is 0 Å². The summed E-state index contributed by atoms with van der Waals surface area (Å²) in [5.41, 5.74) is 1.07. The molecule has 22 heavy (non-hydrogen) atoms. The average Bonchev–Trinajstić information content (AvgIpc) is 2.46. The molecule has 7 heteroatoms. The number of hydrogen-bond donors (Lipinski definition) is 2. The molecule has 6 nitrogen and oxygen atoms in total. The van der Waals surface area contributed by atoms with Crippen LogP contribution in [0.25, 0.3) is 0 Å². The summed E-state index contributed by atoms with van der Waals surface area (Å²) < 4.78 is 1.71. The van der Waals surface area contributed by atoms with E-state index in [9.17, 15) is 14.4 Å². The van der Waals surface area contributed by atoms with E-state index in [1.54, 1.807) is 0 Å². The topological polar surface area (TPSA) is 92.2 Å². The van der Waals surface area contributed by atoms with Gasteiger partial charge >= 0.3 is 11.7 Å². The third kappa shape index (κ3) is 4.42. The highest BCUT2D eigenvalue weighted by atomic mass is 79.9. The van der Waals surface area contributed by atoms with Crippen molar-refractivity contribution in [2.45, 2.75) is 25.8 Å². The minimum absolute atomic E-state index is 0.155. The maximum absolute atomic E-state index is 11.7. The minimum Gasteiger partial charge on any atom is -0.481 e. The molecule has 0 aliphatic carbocycles. The first-order valence-corrected chi connectivity index (χ1v) is 7.54. The third-order valence-corrected chi connectivity index (χ3v) is 3.76. The molecule has 0 fully saturated rings. The van der Waals surface area contributed by atoms with Gasteiger partial charge < -0.3 is 5.11 Å². The van der Waals surface area contributed by atoms with Gasteiger partial charge in [0.25, 0.3) is 5.56 Å². The van der Waals surface area contributed by atoms with Gasteiger partial charge in [-0.3, -0.25) is 19.1 Å². The first-order valence-electron chi connectivity index (χ1n) is 6.74. The molecule has 0 radical (unpaired) electrons. The van der Waals surface area contributed by atoms with Crippen molar-refractivity contribution < 1.29 is 9.90 Å². The predicted octanol–water partition coefficient (Wildman–Crippen LogP) is 1.75. The van der Waals surface area contributed by atoms with Crippen molar-refractivity contribution in [2.75, 3.05) is 0 Å². The van der Waals surface area contributed by atoms with E-state index >= 15 is 0 Å². The fourth-order valence-corrected chi connectivity index (χ4v) is 2.40. The van der Waals surface area contributed by atoms with E-state index in [1.807, 2.05) is 24.3 Å². The maximum atomic E-state index is 11.7. The van der Waals surface area contributed by atoms with Crippen molar-refractivity contribution in [3.05, 3.63) is 66.9 Å². The molecule has 0 saturated carbocycles. The molecular weight excluding hydrogens is 352 g/mol. The van der Waals surface area contributed by atoms with Crippen LogP contribution in [0, 0.1) is 0 Å². The number of aliphatic carboxylic acids is 1. The number of benzene rings is 1. The molecule has 0 aliphatic heterocycles. The van der Waals surface area contributed by atoms with Gasteiger partial charge in [-0.05, 0) is 39.9 Å². The maximum Gasteiger partial charge on any atom is 0.328 e. The van der Waals surface area contributed by atoms with Gasteiger partial charge in [-0.25, -0.2) is 4.79 Å². The lowest BCUT2D eigenvalue weighted by Gasteiger charge is -2.07. The Labute approximate surface area is 134 Å². The number of rotatable bonds is 6. The van der Waals surface area contributed by atoms with Crippen LogP contribution < -0.4 is 11.2 Å². The lowest BCUT2D eigenvalue weighted by Crippen LogP contribution is -2.30. The van der Waals surface area contributed by atoms with Crippen molar-refractivity contribution >= 4 is 21.9 Å². The quantitative estimate of drug-likeness (QED) is 0.814. The molecule has 0 bridgehead atoms. The highest BCUT2D eigenvalue weighted by Gasteiger charge is 2.03. The molecule has 1 aromatic carbocycles. The number of carboxylic acids is 1. The summed E-state index contributed by atoms with van der Waals surface area (Å²) in [6.07, 6.45) is 2.92. The van der Waals surface area contributed by atoms with Crippen LogP contribution in [-0.4, -0.2) is 20.6 Å². The van der Waals surface area contributed by atoms with Crippen LogP contribution in [0.2, 0.25) is 0 Å². The van der Waals surface area contributed by atoms with Crippen molar-refractivity contribution in [1.29, 1.82) is 0 Å². The monoisotopic (exact) mass is 366 g/mol. The van der Waals surface area contributed by atoms with Gasteiger partial charge in [0.15, 0.2) is 0 Å². The van der Waals surface area contributed by atoms with Crippen LogP contribution in [0.5, 0.6) is 0 Å². The number of aromatic nitrogens is 2. The Kier molecular flexibility index (Phi) is 5.32. The molecule has 1 heterocycles. The fraction of sp³-hybridized carbons (Fsp3) is 0.267. The molecular formula is C15H15BrN2O4. The van der Waals surface area contributed by atoms with Crippen molar-refractivity contribution in [3.63, 3.8) is 0 Å². The highest BCUT2D eigenvalue weighted by Crippen LogP contribution is 2.09. The zero-order chi connectivity index (χ0) is 16.1. The smallest absolute Gasteiger partial charge is 0.328 e. The van der Waals surface area contributed by atoms with E-state index in [0.717, 1.165) is 11.1 Å². The summed E-state index contributed by atoms with van der Waals surface area (Å²) in [6, 6.07) is 7.62. The Morgan fingerprint density at radius 1 is 1.18 bits per heavy atom. The zero-order valence-electron chi connectivity index (χ0n) is 11.7. The molecule has 0 spiro atoms. The number of aromatic amines is 1. The molecule has 0 saturated heterocycles. The summed E-state index contributed by atoms with van der Waals surface area (Å²) in [7, 11) is 0. The van der Waals surface area contributed by atoms with Gasteiger partial charge in [0, 0.05) is 12.6 Å². The van der Waals surface area contributed by atoms with E-state index in [-0.39, 0.29) is 6.42 Å². The normalized spacial score (nSPS) is 10.6. The van der Waals surface area contributed by atoms with Gasteiger partial charge in [-0.1, -0.05) is 24.3 Å². The second kappa shape index (κ2) is 7.22. The summed E-state index contributed by atoms with van der Waals surface area (Å²) >= 11 is 3.09. The molecule has 0 amide bonds. The summed E-state index contributed by atoms with van der Waals surface area (Å²) in [6.45, 7) is 0.351. The lowest BCUT2D eigenvalue weighted by molar-refractivity contribution is -0.137. The fourth-order valence-electron chi connectivity index (χ4n) is 2.05. The van der Waals surface area contributed by atoms with Gasteiger partial charge in [0.05, 0.1) is 11.0 Å². The molecule has 2 aromatic rings. The molecule has 0 atom stereocenters. The summed E-state index contributed by atoms with van der Waals surface area (Å²) in [5, 5.41) is 8.61. The number of H-pyrrole nitrogens is 1. The largest absolute Gasteiger partial charge is 0.481 e. The van der Waals surface area contributed by atoms with E-state index in [2.05, 4.69) is 20.9 Å². The predicted molar refractivity (Wildman–Crippen MR) is 85.1 cm³/mol. The van der Waals surface area contributed by atoms with E-state index in [4.69, 9.17) is 5.11 Å². The van der Waals surface area contributed by atoms with Crippen LogP contribution in [0.1, 0.15) is 24.0 Å². The van der Waals surface area contributed by atoms with Crippen molar-refractivity contribution in [2.24, 2.45) is 0 Å². The number of hydrogen-bond acceptors (Lipinski definition) is 3. The van der Waals surface area contributed by atoms with Gasteiger partial charge in [0.2, 0.25) is 0 Å². The molecule has 0 aliphatic rings. The minimum atomic E-state index is -0.792. The van der Waals surface area contributed by atoms with E-state index < -0.39 is 17.2 Å². The molecule has 116 valence electrons. The van der Waals surface area contributed by atoms with Crippen LogP contribution in [0.3, 0.4) is 0 Å². The third-order valence-electron chi connectivity index (χ3n) is 3.20. The lowest BCUT2D eigenvalue weighted by atomic mass is 10.1. The van der Waals surface area contributed by atoms with Crippen LogP contribution in [0.4, 0.5) is 0 Å². The van der Waals surface area contributed by atoms with Crippen LogP contribution in [0.15, 0.2) is 44.5 Å². The Hall–Kier alpha value is -2.15. The van der Waals surface area contributed by atoms with E-state index in [1.165, 1.54) is 10.8 Å². The first kappa shape index (κ1) is 16.2. The number of nitrogens with one attached hydrogen (secondary N) is 1. The number of aryl methyl sites for hydroxylation is 1. The molecule has 2 N–H and O–H groups in total. The second-order valence-electron chi connectivity index (χ2n) is 4.93. The zero-order valence-corrected chi connectivity index (χ0v) is 13.3. The Morgan fingerprint density at radius 2 is 1.82 bits per heavy atom. The summed E-state index contributed by atoms with van der Waals surface area (Å²) in [4.78, 5) is 35.7. The van der Waals surface area contributed by atoms with Gasteiger partial charge in [0.1, 0.15) is 0 Å². The average molecular weight is 367 g/mol. The Morgan fingerprint density at radius 3 is 2.45 bits per heavy atom. The SMILES string of the molecule is O=C(O)CCCc1ccc(Cn2cc(Br)c(=O)[nH]c2=O)cc1. The number of carbonyl (C=O) groups is 1. The van der Waals surface area contributed by atoms with E-state index in [0.29, 0.717) is 23.9 Å². The van der Waals surface area contributed by atoms with Gasteiger partial charge in [-0.15, -0.1) is 0 Å². The number of halogens is 1. The van der Waals surface area contributed by atoms with Gasteiger partial charge in [-0.2, -0.15) is 0 Å². The highest BCUT2D eigenvalue weighted by molar-refractivity contribution is 9.10. The summed E-state index contributed by atoms with van der Waals surface area (Å²) in [5.74, 6) is -0.792. The molecule has 2 rings (SSSR count). The Bertz CT molecular complexity index is 777. The van der Waals surface area contributed by atoms with Crippen LogP contribution in [-0.2, 0) is 17.8 Å². The molecule has 1 aromatic heterocycles.